The maximum atomic E-state index is 12.5. The molecule has 8 heteroatoms. The first-order valence-corrected chi connectivity index (χ1v) is 23.0. The van der Waals surface area contributed by atoms with Gasteiger partial charge in [-0.15, -0.1) is 0 Å². The molecule has 0 aliphatic carbocycles. The Morgan fingerprint density at radius 2 is 0.920 bits per heavy atom. The molecule has 7 nitrogen and oxygen atoms in total. The summed E-state index contributed by atoms with van der Waals surface area (Å²) in [5.74, 6) is 0. The molecule has 2 unspecified atom stereocenters. The van der Waals surface area contributed by atoms with Crippen molar-refractivity contribution >= 4 is 7.82 Å². The number of hydrogen-bond donors (Lipinski definition) is 1. The van der Waals surface area contributed by atoms with E-state index >= 15 is 0 Å². The highest BCUT2D eigenvalue weighted by atomic mass is 31.2. The summed E-state index contributed by atoms with van der Waals surface area (Å²) in [6, 6.07) is 0. The molecule has 0 heterocycles. The predicted octanol–water partition coefficient (Wildman–Crippen LogP) is 12.7. The van der Waals surface area contributed by atoms with E-state index in [1.807, 2.05) is 21.1 Å². The van der Waals surface area contributed by atoms with Gasteiger partial charge in [-0.1, -0.05) is 167 Å². The third-order valence-corrected chi connectivity index (χ3v) is 10.4. The minimum absolute atomic E-state index is 0.0133. The first kappa shape index (κ1) is 49.7. The molecule has 50 heavy (non-hydrogen) atoms. The van der Waals surface area contributed by atoms with E-state index < -0.39 is 7.82 Å². The van der Waals surface area contributed by atoms with Crippen LogP contribution in [-0.4, -0.2) is 76.2 Å². The Kier molecular flexibility index (Phi) is 36.9. The molecule has 0 rings (SSSR count). The molecule has 0 aromatic rings. The van der Waals surface area contributed by atoms with Gasteiger partial charge in [0, 0.05) is 13.2 Å². The van der Waals surface area contributed by atoms with Crippen LogP contribution in [-0.2, 0) is 23.1 Å². The largest absolute Gasteiger partial charge is 0.472 e. The van der Waals surface area contributed by atoms with Crippen molar-refractivity contribution in [2.45, 2.75) is 200 Å². The zero-order valence-corrected chi connectivity index (χ0v) is 35.1. The monoisotopic (exact) mass is 733 g/mol. The number of unbranched alkanes of at least 4 members (excludes halogenated alkanes) is 25. The predicted molar refractivity (Wildman–Crippen MR) is 215 cm³/mol. The van der Waals surface area contributed by atoms with Crippen molar-refractivity contribution in [2.24, 2.45) is 0 Å². The van der Waals surface area contributed by atoms with Crippen LogP contribution in [0.4, 0.5) is 0 Å². The van der Waals surface area contributed by atoms with Crippen molar-refractivity contribution in [3.8, 4) is 0 Å². The fourth-order valence-electron chi connectivity index (χ4n) is 6.00. The first-order valence-electron chi connectivity index (χ1n) is 21.5. The van der Waals surface area contributed by atoms with Crippen molar-refractivity contribution in [3.05, 3.63) is 12.2 Å². The summed E-state index contributed by atoms with van der Waals surface area (Å²) >= 11 is 0. The van der Waals surface area contributed by atoms with Gasteiger partial charge in [-0.2, -0.15) is 0 Å². The summed E-state index contributed by atoms with van der Waals surface area (Å²) in [5.41, 5.74) is 0. The van der Waals surface area contributed by atoms with Gasteiger partial charge in [-0.3, -0.25) is 9.05 Å². The highest BCUT2D eigenvalue weighted by Crippen LogP contribution is 2.43. The molecule has 0 aliphatic heterocycles. The van der Waals surface area contributed by atoms with Crippen LogP contribution in [0.15, 0.2) is 12.2 Å². The summed E-state index contributed by atoms with van der Waals surface area (Å²) in [6.07, 6.45) is 40.9. The summed E-state index contributed by atoms with van der Waals surface area (Å²) in [5, 5.41) is 0. The zero-order valence-electron chi connectivity index (χ0n) is 34.2. The summed E-state index contributed by atoms with van der Waals surface area (Å²) < 4.78 is 35.7. The molecule has 0 aromatic carbocycles. The van der Waals surface area contributed by atoms with Gasteiger partial charge in [-0.05, 0) is 38.5 Å². The van der Waals surface area contributed by atoms with Gasteiger partial charge in [0.25, 0.3) is 0 Å². The molecule has 0 saturated heterocycles. The summed E-state index contributed by atoms with van der Waals surface area (Å²) in [7, 11) is 1.91. The molecule has 300 valence electrons. The Bertz CT molecular complexity index is 759. The normalized spacial score (nSPS) is 14.1. The third-order valence-electron chi connectivity index (χ3n) is 9.40. The third kappa shape index (κ3) is 40.5. The molecule has 0 saturated carbocycles. The molecular weight excluding hydrogens is 645 g/mol. The SMILES string of the molecule is CCCCCCCCCC/C=C/CCCCCCOC(COCCCCCCCCCCCCCCCC)COP(=O)(O)OCC[N+](C)(C)C. The van der Waals surface area contributed by atoms with Gasteiger partial charge in [0.2, 0.25) is 0 Å². The van der Waals surface area contributed by atoms with E-state index in [0.717, 1.165) is 25.7 Å². The average molecular weight is 733 g/mol. The number of phosphoric acid groups is 1. The van der Waals surface area contributed by atoms with Crippen molar-refractivity contribution in [1.29, 1.82) is 0 Å². The molecule has 2 atom stereocenters. The van der Waals surface area contributed by atoms with Crippen LogP contribution >= 0.6 is 7.82 Å². The van der Waals surface area contributed by atoms with Crippen LogP contribution in [0.3, 0.4) is 0 Å². The topological polar surface area (TPSA) is 74.2 Å². The molecule has 0 fully saturated rings. The zero-order chi connectivity index (χ0) is 36.9. The van der Waals surface area contributed by atoms with Crippen molar-refractivity contribution < 1.29 is 32.5 Å². The van der Waals surface area contributed by atoms with Crippen LogP contribution in [0.25, 0.3) is 0 Å². The fraction of sp³-hybridized carbons (Fsp3) is 0.952. The molecule has 0 radical (unpaired) electrons. The fourth-order valence-corrected chi connectivity index (χ4v) is 6.74. The number of ether oxygens (including phenoxy) is 2. The van der Waals surface area contributed by atoms with Crippen LogP contribution in [0.1, 0.15) is 194 Å². The molecular formula is C42H87NO6P+. The van der Waals surface area contributed by atoms with E-state index in [1.54, 1.807) is 0 Å². The molecule has 0 aromatic heterocycles. The molecule has 0 amide bonds. The maximum Gasteiger partial charge on any atom is 0.472 e. The van der Waals surface area contributed by atoms with Gasteiger partial charge in [0.1, 0.15) is 19.3 Å². The number of phosphoric ester groups is 1. The smallest absolute Gasteiger partial charge is 0.379 e. The Morgan fingerprint density at radius 3 is 1.36 bits per heavy atom. The average Bonchev–Trinajstić information content (AvgIpc) is 3.07. The van der Waals surface area contributed by atoms with E-state index in [9.17, 15) is 9.46 Å². The van der Waals surface area contributed by atoms with E-state index in [1.165, 1.54) is 154 Å². The number of quaternary nitrogens is 1. The van der Waals surface area contributed by atoms with E-state index in [-0.39, 0.29) is 19.3 Å². The second kappa shape index (κ2) is 37.1. The van der Waals surface area contributed by atoms with E-state index in [4.69, 9.17) is 18.5 Å². The Labute approximate surface area is 312 Å². The Balaban J connectivity index is 4.11. The van der Waals surface area contributed by atoms with Crippen molar-refractivity contribution in [3.63, 3.8) is 0 Å². The highest BCUT2D eigenvalue weighted by Gasteiger charge is 2.25. The number of rotatable bonds is 41. The van der Waals surface area contributed by atoms with E-state index in [0.29, 0.717) is 30.8 Å². The molecule has 0 aliphatic rings. The highest BCUT2D eigenvalue weighted by molar-refractivity contribution is 7.47. The maximum absolute atomic E-state index is 12.5. The van der Waals surface area contributed by atoms with Crippen LogP contribution in [0.2, 0.25) is 0 Å². The lowest BCUT2D eigenvalue weighted by atomic mass is 10.0. The lowest BCUT2D eigenvalue weighted by Crippen LogP contribution is -2.37. The second-order valence-electron chi connectivity index (χ2n) is 15.7. The first-order chi connectivity index (χ1) is 24.2. The van der Waals surface area contributed by atoms with Gasteiger partial charge >= 0.3 is 7.82 Å². The molecule has 1 N–H and O–H groups in total. The summed E-state index contributed by atoms with van der Waals surface area (Å²) in [4.78, 5) is 10.2. The Hall–Kier alpha value is -0.270. The van der Waals surface area contributed by atoms with Crippen LogP contribution in [0, 0.1) is 0 Å². The second-order valence-corrected chi connectivity index (χ2v) is 17.2. The number of likely N-dealkylation sites (N-methyl/N-ethyl adjacent to an activating group) is 1. The minimum Gasteiger partial charge on any atom is -0.379 e. The minimum atomic E-state index is -4.14. The number of hydrogen-bond acceptors (Lipinski definition) is 5. The lowest BCUT2D eigenvalue weighted by molar-refractivity contribution is -0.870. The molecule has 0 spiro atoms. The van der Waals surface area contributed by atoms with E-state index in [2.05, 4.69) is 26.0 Å². The van der Waals surface area contributed by atoms with Gasteiger partial charge < -0.3 is 18.9 Å². The van der Waals surface area contributed by atoms with Crippen LogP contribution < -0.4 is 0 Å². The quantitative estimate of drug-likeness (QED) is 0.0292. The van der Waals surface area contributed by atoms with Crippen LogP contribution in [0.5, 0.6) is 0 Å². The number of nitrogens with zero attached hydrogens (tertiary/aromatic N) is 1. The van der Waals surface area contributed by atoms with Crippen molar-refractivity contribution in [2.75, 3.05) is 60.7 Å². The standard InChI is InChI=1S/C42H86NO6P/c1-6-8-10-12-14-16-18-20-22-23-25-27-29-31-33-35-38-47-42(41-49-50(44,45)48-39-36-43(3,4)5)40-46-37-34-32-30-28-26-24-21-19-17-15-13-11-9-7-2/h23,25,42H,6-22,24,26-41H2,1-5H3/p+1/b25-23+. The lowest BCUT2D eigenvalue weighted by Gasteiger charge is -2.24. The van der Waals surface area contributed by atoms with Gasteiger partial charge in [0.15, 0.2) is 0 Å². The summed E-state index contributed by atoms with van der Waals surface area (Å²) in [6.45, 7) is 6.96. The van der Waals surface area contributed by atoms with Gasteiger partial charge in [0.05, 0.1) is 34.4 Å². The molecule has 0 bridgehead atoms. The number of allylic oxidation sites excluding steroid dienone is 2. The van der Waals surface area contributed by atoms with Gasteiger partial charge in [-0.25, -0.2) is 4.57 Å². The van der Waals surface area contributed by atoms with Crippen molar-refractivity contribution in [1.82, 2.24) is 0 Å². The Morgan fingerprint density at radius 1 is 0.520 bits per heavy atom.